The number of carbonyl (C=O) groups excluding carboxylic acids is 8. The molecule has 1 aromatic rings. The van der Waals surface area contributed by atoms with Gasteiger partial charge in [0.15, 0.2) is 5.78 Å². The molecule has 0 spiro atoms. The number of aromatic nitrogens is 1. The fourth-order valence-electron chi connectivity index (χ4n) is 8.36. The van der Waals surface area contributed by atoms with Gasteiger partial charge >= 0.3 is 11.9 Å². The standard InChI is InChI=1S/C43H61N7O11/c1-5-61-32(52)19-13-12-18-30(46-37(54)28-20-21-45-23-29(28)42(59)60)38(55)49-35(43(2,3)4)41(58)50-24-27(51)22-31(50)39(56)48-34(26-16-10-7-11-17-26)40(57)47-33(36(44)53)25-14-8-6-9-15-25/h13,19-21,23,25-26,30-31,33-35H,5-12,14-18,22,24H2,1-4H3,(H2,44,53)(H,46,54)(H,47,57)(H,48,56)(H,49,55)(H,59,60)/b19-13+/t30-,31-,33-,34-,35+/m0/s1. The average Bonchev–Trinajstić information content (AvgIpc) is 3.63. The summed E-state index contributed by atoms with van der Waals surface area (Å²) in [6, 6.07) is -4.83. The van der Waals surface area contributed by atoms with Gasteiger partial charge < -0.3 is 41.7 Å². The van der Waals surface area contributed by atoms with E-state index in [1.165, 1.54) is 18.3 Å². The summed E-state index contributed by atoms with van der Waals surface area (Å²) < 4.78 is 4.89. The molecule has 1 aromatic heterocycles. The minimum atomic E-state index is -1.42. The second-order valence-corrected chi connectivity index (χ2v) is 17.2. The maximum Gasteiger partial charge on any atom is 0.338 e. The van der Waals surface area contributed by atoms with E-state index in [9.17, 15) is 48.3 Å². The van der Waals surface area contributed by atoms with Crippen LogP contribution >= 0.6 is 0 Å². The first-order chi connectivity index (χ1) is 28.9. The highest BCUT2D eigenvalue weighted by Gasteiger charge is 2.46. The molecule has 3 aliphatic rings. The van der Waals surface area contributed by atoms with Crippen LogP contribution in [-0.4, -0.2) is 112 Å². The molecular formula is C43H61N7O11. The fraction of sp³-hybridized carbons (Fsp3) is 0.628. The van der Waals surface area contributed by atoms with Crippen molar-refractivity contribution in [3.05, 3.63) is 41.7 Å². The maximum atomic E-state index is 14.5. The van der Waals surface area contributed by atoms with Crippen molar-refractivity contribution in [2.24, 2.45) is 23.0 Å². The van der Waals surface area contributed by atoms with Crippen LogP contribution in [0, 0.1) is 17.3 Å². The van der Waals surface area contributed by atoms with Crippen molar-refractivity contribution in [2.75, 3.05) is 13.2 Å². The van der Waals surface area contributed by atoms with Gasteiger partial charge in [-0.2, -0.15) is 0 Å². The second-order valence-electron chi connectivity index (χ2n) is 17.2. The van der Waals surface area contributed by atoms with Gasteiger partial charge in [0.25, 0.3) is 5.91 Å². The third-order valence-electron chi connectivity index (χ3n) is 11.6. The van der Waals surface area contributed by atoms with Crippen LogP contribution in [0.3, 0.4) is 0 Å². The lowest BCUT2D eigenvalue weighted by molar-refractivity contribution is -0.145. The lowest BCUT2D eigenvalue weighted by Crippen LogP contribution is -2.62. The lowest BCUT2D eigenvalue weighted by Gasteiger charge is -2.37. The molecule has 18 heteroatoms. The van der Waals surface area contributed by atoms with Crippen LogP contribution in [0.4, 0.5) is 0 Å². The molecule has 2 heterocycles. The van der Waals surface area contributed by atoms with E-state index < -0.39 is 101 Å². The van der Waals surface area contributed by atoms with Crippen molar-refractivity contribution in [1.82, 2.24) is 31.2 Å². The van der Waals surface area contributed by atoms with Crippen molar-refractivity contribution < 1.29 is 53.0 Å². The Hall–Kier alpha value is -5.68. The van der Waals surface area contributed by atoms with Crippen LogP contribution in [0.1, 0.15) is 132 Å². The number of ether oxygens (including phenoxy) is 1. The van der Waals surface area contributed by atoms with E-state index in [0.29, 0.717) is 12.8 Å². The normalized spacial score (nSPS) is 19.6. The highest BCUT2D eigenvalue weighted by atomic mass is 16.5. The van der Waals surface area contributed by atoms with Gasteiger partial charge in [0.1, 0.15) is 30.2 Å². The fourth-order valence-corrected chi connectivity index (χ4v) is 8.36. The summed E-state index contributed by atoms with van der Waals surface area (Å²) in [5, 5.41) is 20.6. The van der Waals surface area contributed by atoms with Crippen molar-refractivity contribution in [3.8, 4) is 0 Å². The number of likely N-dealkylation sites (tertiary alicyclic amines) is 1. The van der Waals surface area contributed by atoms with Gasteiger partial charge in [0, 0.05) is 24.9 Å². The van der Waals surface area contributed by atoms with E-state index in [4.69, 9.17) is 10.5 Å². The molecule has 2 aliphatic carbocycles. The Morgan fingerprint density at radius 1 is 0.885 bits per heavy atom. The van der Waals surface area contributed by atoms with Crippen molar-refractivity contribution in [2.45, 2.75) is 141 Å². The Morgan fingerprint density at radius 2 is 1.51 bits per heavy atom. The van der Waals surface area contributed by atoms with E-state index in [2.05, 4.69) is 26.3 Å². The first kappa shape index (κ1) is 48.0. The summed E-state index contributed by atoms with van der Waals surface area (Å²) in [7, 11) is 0. The number of hydrogen-bond donors (Lipinski definition) is 6. The topological polar surface area (TPSA) is 273 Å². The molecule has 1 saturated heterocycles. The van der Waals surface area contributed by atoms with Crippen LogP contribution in [0.25, 0.3) is 0 Å². The van der Waals surface area contributed by atoms with E-state index in [0.717, 1.165) is 68.5 Å². The summed E-state index contributed by atoms with van der Waals surface area (Å²) in [6.45, 7) is 6.34. The highest BCUT2D eigenvalue weighted by molar-refractivity contribution is 6.06. The monoisotopic (exact) mass is 851 g/mol. The predicted octanol–water partition coefficient (Wildman–Crippen LogP) is 2.09. The predicted molar refractivity (Wildman–Crippen MR) is 220 cm³/mol. The number of nitrogens with zero attached hydrogens (tertiary/aromatic N) is 2. The number of esters is 1. The Kier molecular flexibility index (Phi) is 17.5. The Bertz CT molecular complexity index is 1830. The summed E-state index contributed by atoms with van der Waals surface area (Å²) in [4.78, 5) is 124. The van der Waals surface area contributed by atoms with Crippen LogP contribution in [0.5, 0.6) is 0 Å². The number of aromatic carboxylic acids is 1. The number of carboxylic acids is 1. The zero-order valence-electron chi connectivity index (χ0n) is 35.5. The van der Waals surface area contributed by atoms with Gasteiger partial charge in [-0.05, 0) is 68.8 Å². The third kappa shape index (κ3) is 13.4. The first-order valence-corrected chi connectivity index (χ1v) is 21.3. The SMILES string of the molecule is CCOC(=O)/C=C/CC[C@H](NC(=O)c1ccncc1C(=O)O)C(=O)N[C@H](C(=O)N1CC(=O)C[C@H]1C(=O)N[C@H](C(=O)N[C@H](C(N)=O)C1CCCCC1)C1CCCCC1)C(C)(C)C. The third-order valence-corrected chi connectivity index (χ3v) is 11.6. The molecule has 0 unspecified atom stereocenters. The van der Waals surface area contributed by atoms with Crippen molar-refractivity contribution >= 4 is 53.2 Å². The molecule has 5 atom stereocenters. The number of pyridine rings is 1. The molecule has 3 fully saturated rings. The number of carbonyl (C=O) groups is 9. The molecule has 18 nitrogen and oxygen atoms in total. The van der Waals surface area contributed by atoms with Crippen LogP contribution in [0.2, 0.25) is 0 Å². The Morgan fingerprint density at radius 3 is 2.08 bits per heavy atom. The van der Waals surface area contributed by atoms with Gasteiger partial charge in [-0.15, -0.1) is 0 Å². The highest BCUT2D eigenvalue weighted by Crippen LogP contribution is 2.30. The van der Waals surface area contributed by atoms with Gasteiger partial charge in [0.05, 0.1) is 24.3 Å². The number of Topliss-reactive ketones (excluding diaryl/α,β-unsaturated/α-hetero) is 1. The zero-order chi connectivity index (χ0) is 44.9. The van der Waals surface area contributed by atoms with Crippen molar-refractivity contribution in [1.29, 1.82) is 0 Å². The zero-order valence-corrected chi connectivity index (χ0v) is 35.5. The Labute approximate surface area is 355 Å². The van der Waals surface area contributed by atoms with Gasteiger partial charge in [-0.25, -0.2) is 9.59 Å². The number of ketones is 1. The lowest BCUT2D eigenvalue weighted by atomic mass is 9.81. The van der Waals surface area contributed by atoms with Gasteiger partial charge in [-0.3, -0.25) is 38.5 Å². The molecule has 0 aromatic carbocycles. The quantitative estimate of drug-likeness (QED) is 0.0916. The molecule has 4 rings (SSSR count). The number of nitrogens with two attached hydrogens (primary N) is 1. The first-order valence-electron chi connectivity index (χ1n) is 21.3. The number of amides is 6. The number of allylic oxidation sites excluding steroid dienone is 1. The molecule has 334 valence electrons. The number of rotatable bonds is 18. The van der Waals surface area contributed by atoms with Crippen molar-refractivity contribution in [3.63, 3.8) is 0 Å². The summed E-state index contributed by atoms with van der Waals surface area (Å²) in [5.74, 6) is -7.29. The molecule has 7 N–H and O–H groups in total. The smallest absolute Gasteiger partial charge is 0.338 e. The number of carboxylic acid groups (broad SMARTS) is 1. The maximum absolute atomic E-state index is 14.5. The van der Waals surface area contributed by atoms with Gasteiger partial charge in [0.2, 0.25) is 29.5 Å². The molecule has 0 bridgehead atoms. The number of primary amides is 1. The Balaban J connectivity index is 1.57. The van der Waals surface area contributed by atoms with Gasteiger partial charge in [-0.1, -0.05) is 65.4 Å². The minimum Gasteiger partial charge on any atom is -0.478 e. The summed E-state index contributed by atoms with van der Waals surface area (Å²) >= 11 is 0. The summed E-state index contributed by atoms with van der Waals surface area (Å²) in [6.07, 6.45) is 12.7. The van der Waals surface area contributed by atoms with E-state index >= 15 is 0 Å². The molecule has 2 saturated carbocycles. The van der Waals surface area contributed by atoms with Crippen LogP contribution < -0.4 is 27.0 Å². The average molecular weight is 852 g/mol. The second kappa shape index (κ2) is 22.2. The number of hydrogen-bond acceptors (Lipinski definition) is 11. The molecule has 61 heavy (non-hydrogen) atoms. The largest absolute Gasteiger partial charge is 0.478 e. The molecule has 1 aliphatic heterocycles. The van der Waals surface area contributed by atoms with E-state index in [1.54, 1.807) is 27.7 Å². The molecule has 6 amide bonds. The molecular weight excluding hydrogens is 791 g/mol. The summed E-state index contributed by atoms with van der Waals surface area (Å²) in [5.41, 5.74) is 4.08. The van der Waals surface area contributed by atoms with Crippen LogP contribution in [-0.2, 0) is 38.3 Å². The van der Waals surface area contributed by atoms with Crippen LogP contribution in [0.15, 0.2) is 30.6 Å². The van der Waals surface area contributed by atoms with E-state index in [1.807, 2.05) is 0 Å². The minimum absolute atomic E-state index is 0.0763. The molecule has 0 radical (unpaired) electrons. The van der Waals surface area contributed by atoms with E-state index in [-0.39, 0.29) is 43.3 Å². The number of nitrogens with one attached hydrogen (secondary N) is 4.